The first-order chi connectivity index (χ1) is 38.6. The molecular formula is C72H44B2O4. The van der Waals surface area contributed by atoms with Crippen molar-refractivity contribution in [3.63, 3.8) is 0 Å². The summed E-state index contributed by atoms with van der Waals surface area (Å²) in [5.41, 5.74) is 22.1. The zero-order chi connectivity index (χ0) is 51.3. The summed E-state index contributed by atoms with van der Waals surface area (Å²) in [4.78, 5) is 0. The zero-order valence-corrected chi connectivity index (χ0v) is 42.2. The van der Waals surface area contributed by atoms with Crippen molar-refractivity contribution in [1.29, 1.82) is 0 Å². The number of hydrogen-bond donors (Lipinski definition) is 0. The second kappa shape index (κ2) is 17.8. The van der Waals surface area contributed by atoms with E-state index in [2.05, 4.69) is 255 Å². The highest BCUT2D eigenvalue weighted by Crippen LogP contribution is 2.44. The van der Waals surface area contributed by atoms with E-state index in [1.54, 1.807) is 0 Å². The summed E-state index contributed by atoms with van der Waals surface area (Å²) in [5.74, 6) is 6.72. The highest BCUT2D eigenvalue weighted by molar-refractivity contribution is 6.99. The number of benzene rings is 12. The van der Waals surface area contributed by atoms with Crippen molar-refractivity contribution in [2.45, 2.75) is 0 Å². The van der Waals surface area contributed by atoms with E-state index < -0.39 is 0 Å². The number of rotatable bonds is 7. The highest BCUT2D eigenvalue weighted by Gasteiger charge is 2.43. The van der Waals surface area contributed by atoms with Crippen LogP contribution in [0.2, 0.25) is 0 Å². The van der Waals surface area contributed by atoms with Gasteiger partial charge in [0.05, 0.1) is 0 Å². The monoisotopic (exact) mass is 994 g/mol. The summed E-state index contributed by atoms with van der Waals surface area (Å²) in [6.07, 6.45) is 0. The average Bonchev–Trinajstić information content (AvgIpc) is 3.70. The van der Waals surface area contributed by atoms with Crippen LogP contribution in [-0.2, 0) is 0 Å². The van der Waals surface area contributed by atoms with Crippen molar-refractivity contribution >= 4 is 46.2 Å². The van der Waals surface area contributed by atoms with Gasteiger partial charge in [0.15, 0.2) is 0 Å². The maximum absolute atomic E-state index is 7.04. The minimum absolute atomic E-state index is 0.0729. The lowest BCUT2D eigenvalue weighted by Crippen LogP contribution is -2.57. The van der Waals surface area contributed by atoms with Gasteiger partial charge >= 0.3 is 0 Å². The molecule has 0 saturated carbocycles. The van der Waals surface area contributed by atoms with Crippen LogP contribution >= 0.6 is 0 Å². The third-order valence-corrected chi connectivity index (χ3v) is 16.2. The van der Waals surface area contributed by atoms with Crippen molar-refractivity contribution in [1.82, 2.24) is 0 Å². The molecular weight excluding hydrogens is 950 g/mol. The third kappa shape index (κ3) is 7.25. The summed E-state index contributed by atoms with van der Waals surface area (Å²) < 4.78 is 27.7. The maximum Gasteiger partial charge on any atom is 0.260 e. The number of para-hydroxylation sites is 1. The molecule has 0 aromatic heterocycles. The fraction of sp³-hybridized carbons (Fsp3) is 0. The molecule has 4 aliphatic heterocycles. The molecule has 0 aliphatic carbocycles. The molecule has 4 nitrogen and oxygen atoms in total. The van der Waals surface area contributed by atoms with Gasteiger partial charge in [0.1, 0.15) is 46.0 Å². The van der Waals surface area contributed by atoms with Crippen LogP contribution in [0.5, 0.6) is 46.0 Å². The molecule has 12 aromatic carbocycles. The van der Waals surface area contributed by atoms with E-state index >= 15 is 0 Å². The Morgan fingerprint density at radius 1 is 0.192 bits per heavy atom. The van der Waals surface area contributed by atoms with Gasteiger partial charge in [0.25, 0.3) is 13.4 Å². The molecule has 4 heterocycles. The van der Waals surface area contributed by atoms with E-state index in [4.69, 9.17) is 18.9 Å². The molecule has 12 aromatic rings. The quantitative estimate of drug-likeness (QED) is 0.149. The Bertz CT molecular complexity index is 4370. The molecule has 4 aliphatic rings. The molecule has 0 fully saturated rings. The Morgan fingerprint density at radius 2 is 0.564 bits per heavy atom. The Balaban J connectivity index is 0.762. The predicted molar refractivity (Wildman–Crippen MR) is 320 cm³/mol. The maximum atomic E-state index is 7.04. The molecule has 0 unspecified atom stereocenters. The molecule has 0 bridgehead atoms. The second-order valence-electron chi connectivity index (χ2n) is 20.6. The summed E-state index contributed by atoms with van der Waals surface area (Å²) in [5, 5.41) is 0. The van der Waals surface area contributed by atoms with Gasteiger partial charge in [-0.25, -0.2) is 0 Å². The first kappa shape index (κ1) is 44.3. The summed E-state index contributed by atoms with van der Waals surface area (Å²) in [7, 11) is 0. The Labute approximate surface area is 453 Å². The van der Waals surface area contributed by atoms with Gasteiger partial charge < -0.3 is 18.9 Å². The fourth-order valence-corrected chi connectivity index (χ4v) is 12.4. The molecule has 362 valence electrons. The number of hydrogen-bond acceptors (Lipinski definition) is 4. The van der Waals surface area contributed by atoms with Gasteiger partial charge in [-0.15, -0.1) is 0 Å². The Hall–Kier alpha value is -10.0. The van der Waals surface area contributed by atoms with Gasteiger partial charge in [-0.1, -0.05) is 224 Å². The van der Waals surface area contributed by atoms with Gasteiger partial charge in [-0.2, -0.15) is 0 Å². The van der Waals surface area contributed by atoms with Crippen molar-refractivity contribution in [2.24, 2.45) is 0 Å². The highest BCUT2D eigenvalue weighted by atomic mass is 16.5. The summed E-state index contributed by atoms with van der Waals surface area (Å²) in [6, 6.07) is 94.9. The normalized spacial score (nSPS) is 12.7. The van der Waals surface area contributed by atoms with E-state index in [1.165, 1.54) is 5.56 Å². The van der Waals surface area contributed by atoms with E-state index in [9.17, 15) is 0 Å². The molecule has 6 heteroatoms. The lowest BCUT2D eigenvalue weighted by atomic mass is 9.34. The Morgan fingerprint density at radius 3 is 1.15 bits per heavy atom. The van der Waals surface area contributed by atoms with Crippen LogP contribution in [-0.4, -0.2) is 13.4 Å². The van der Waals surface area contributed by atoms with Crippen LogP contribution in [0.3, 0.4) is 0 Å². The Kier molecular flexibility index (Phi) is 10.1. The minimum Gasteiger partial charge on any atom is -0.458 e. The summed E-state index contributed by atoms with van der Waals surface area (Å²) in [6.45, 7) is -0.186. The van der Waals surface area contributed by atoms with Gasteiger partial charge in [-0.3, -0.25) is 0 Å². The molecule has 0 radical (unpaired) electrons. The molecule has 0 saturated heterocycles. The third-order valence-electron chi connectivity index (χ3n) is 16.2. The smallest absolute Gasteiger partial charge is 0.260 e. The SMILES string of the molecule is c1ccc(-c2cc3c4c(c2)Oc2ccc(-c5ccccc5)cc2B4c2ccc(-c4ccc(-c5ccccc5-c5ccc6c(c5)B5c7cccc(-c8ccccc8)c7Oc7cc(-c8ccccc8)cc(c75)O6)cc4)cc2O3)cc1. The van der Waals surface area contributed by atoms with E-state index in [0.29, 0.717) is 0 Å². The zero-order valence-electron chi connectivity index (χ0n) is 42.2. The lowest BCUT2D eigenvalue weighted by Gasteiger charge is -2.34. The van der Waals surface area contributed by atoms with Crippen LogP contribution in [0.4, 0.5) is 0 Å². The summed E-state index contributed by atoms with van der Waals surface area (Å²) >= 11 is 0. The van der Waals surface area contributed by atoms with E-state index in [0.717, 1.165) is 151 Å². The topological polar surface area (TPSA) is 36.9 Å². The largest absolute Gasteiger partial charge is 0.458 e. The van der Waals surface area contributed by atoms with Gasteiger partial charge in [-0.05, 0) is 137 Å². The molecule has 0 spiro atoms. The lowest BCUT2D eigenvalue weighted by molar-refractivity contribution is 0.465. The molecule has 78 heavy (non-hydrogen) atoms. The van der Waals surface area contributed by atoms with Crippen LogP contribution in [0, 0.1) is 0 Å². The fourth-order valence-electron chi connectivity index (χ4n) is 12.4. The van der Waals surface area contributed by atoms with E-state index in [1.807, 2.05) is 12.1 Å². The molecule has 0 N–H and O–H groups in total. The van der Waals surface area contributed by atoms with E-state index in [-0.39, 0.29) is 13.4 Å². The number of ether oxygens (including phenoxy) is 4. The van der Waals surface area contributed by atoms with Crippen LogP contribution in [0.25, 0.3) is 77.9 Å². The van der Waals surface area contributed by atoms with Gasteiger partial charge in [0, 0.05) is 16.5 Å². The molecule has 0 amide bonds. The number of fused-ring (bicyclic) bond motifs is 8. The predicted octanol–water partition coefficient (Wildman–Crippen LogP) is 14.8. The van der Waals surface area contributed by atoms with Crippen molar-refractivity contribution in [2.75, 3.05) is 0 Å². The van der Waals surface area contributed by atoms with Crippen LogP contribution in [0.15, 0.2) is 267 Å². The van der Waals surface area contributed by atoms with Crippen LogP contribution < -0.4 is 51.7 Å². The minimum atomic E-state index is -0.114. The first-order valence-electron chi connectivity index (χ1n) is 26.7. The standard InChI is InChI=1S/C72H44B2O4/c1-5-16-45(17-6-1)51-33-36-63-61(38-51)73-59-35-32-52(40-65(59)77-68-43-54(41-66(75-63)70(68)73)46-18-7-2-8-19-46)48-28-30-50(31-29-48)56-24-13-14-25-57(56)53-34-37-64-62(39-53)74-60-27-15-26-58(49-22-11-4-12-23-49)72(60)78-69-44-55(42-67(76-64)71(69)74)47-20-9-3-10-21-47/h1-44H. The van der Waals surface area contributed by atoms with Crippen molar-refractivity contribution in [3.8, 4) is 124 Å². The average molecular weight is 995 g/mol. The van der Waals surface area contributed by atoms with Crippen molar-refractivity contribution in [3.05, 3.63) is 267 Å². The molecule has 0 atom stereocenters. The molecule has 16 rings (SSSR count). The first-order valence-corrected chi connectivity index (χ1v) is 26.7. The van der Waals surface area contributed by atoms with Crippen LogP contribution in [0.1, 0.15) is 0 Å². The second-order valence-corrected chi connectivity index (χ2v) is 20.6. The van der Waals surface area contributed by atoms with Crippen molar-refractivity contribution < 1.29 is 18.9 Å². The van der Waals surface area contributed by atoms with Gasteiger partial charge in [0.2, 0.25) is 0 Å².